The van der Waals surface area contributed by atoms with Gasteiger partial charge in [0.1, 0.15) is 0 Å². The van der Waals surface area contributed by atoms with E-state index in [1.165, 1.54) is 16.9 Å². The quantitative estimate of drug-likeness (QED) is 0.850. The van der Waals surface area contributed by atoms with E-state index in [-0.39, 0.29) is 0 Å². The Hall–Kier alpha value is -0.380. The Kier molecular flexibility index (Phi) is 3.78. The number of hydrogen-bond donors (Lipinski definition) is 1. The van der Waals surface area contributed by atoms with Crippen LogP contribution in [-0.2, 0) is 4.74 Å². The van der Waals surface area contributed by atoms with E-state index in [4.69, 9.17) is 4.74 Å². The van der Waals surface area contributed by atoms with Crippen LogP contribution in [0.5, 0.6) is 0 Å². The first-order valence-electron chi connectivity index (χ1n) is 5.68. The lowest BCUT2D eigenvalue weighted by atomic mass is 9.96. The second-order valence-corrected chi connectivity index (χ2v) is 5.07. The third-order valence-corrected chi connectivity index (χ3v) is 4.15. The van der Waals surface area contributed by atoms with Crippen LogP contribution in [0.15, 0.2) is 11.4 Å². The smallest absolute Gasteiger partial charge is 0.0513 e. The maximum Gasteiger partial charge on any atom is 0.0513 e. The third kappa shape index (κ3) is 2.41. The van der Waals surface area contributed by atoms with E-state index < -0.39 is 0 Å². The summed E-state index contributed by atoms with van der Waals surface area (Å²) < 4.78 is 5.49. The first-order chi connectivity index (χ1) is 7.33. The highest BCUT2D eigenvalue weighted by Crippen LogP contribution is 2.33. The predicted octanol–water partition coefficient (Wildman–Crippen LogP) is 2.74. The van der Waals surface area contributed by atoms with Crippen LogP contribution in [0.25, 0.3) is 0 Å². The van der Waals surface area contributed by atoms with E-state index in [9.17, 15) is 0 Å². The van der Waals surface area contributed by atoms with Crippen LogP contribution in [0.1, 0.15) is 29.8 Å². The second-order valence-electron chi connectivity index (χ2n) is 4.13. The molecule has 2 atom stereocenters. The van der Waals surface area contributed by atoms with Crippen LogP contribution in [0, 0.1) is 12.8 Å². The van der Waals surface area contributed by atoms with Gasteiger partial charge in [0, 0.05) is 23.4 Å². The predicted molar refractivity (Wildman–Crippen MR) is 64.4 cm³/mol. The van der Waals surface area contributed by atoms with Gasteiger partial charge < -0.3 is 10.1 Å². The van der Waals surface area contributed by atoms with Crippen molar-refractivity contribution in [3.8, 4) is 0 Å². The fourth-order valence-electron chi connectivity index (χ4n) is 2.21. The van der Waals surface area contributed by atoms with E-state index in [0.717, 1.165) is 19.8 Å². The van der Waals surface area contributed by atoms with Crippen molar-refractivity contribution in [3.63, 3.8) is 0 Å². The number of aryl methyl sites for hydroxylation is 1. The Morgan fingerprint density at radius 2 is 2.53 bits per heavy atom. The Bertz CT molecular complexity index is 304. The van der Waals surface area contributed by atoms with Crippen molar-refractivity contribution in [2.24, 2.45) is 5.92 Å². The molecule has 2 nitrogen and oxygen atoms in total. The van der Waals surface area contributed by atoms with Gasteiger partial charge in [0.2, 0.25) is 0 Å². The molecule has 1 aliphatic heterocycles. The van der Waals surface area contributed by atoms with Gasteiger partial charge in [-0.3, -0.25) is 0 Å². The van der Waals surface area contributed by atoms with Crippen LogP contribution in [-0.4, -0.2) is 19.8 Å². The van der Waals surface area contributed by atoms with Gasteiger partial charge in [0.15, 0.2) is 0 Å². The summed E-state index contributed by atoms with van der Waals surface area (Å²) >= 11 is 1.87. The molecule has 0 amide bonds. The molecular weight excluding hydrogens is 206 g/mol. The van der Waals surface area contributed by atoms with Crippen molar-refractivity contribution in [2.45, 2.75) is 26.3 Å². The zero-order chi connectivity index (χ0) is 10.7. The molecule has 84 valence electrons. The molecule has 1 N–H and O–H groups in total. The minimum Gasteiger partial charge on any atom is -0.381 e. The molecule has 0 bridgehead atoms. The molecule has 0 spiro atoms. The van der Waals surface area contributed by atoms with Gasteiger partial charge in [-0.25, -0.2) is 0 Å². The van der Waals surface area contributed by atoms with Gasteiger partial charge in [0.25, 0.3) is 0 Å². The molecule has 1 aliphatic rings. The first kappa shape index (κ1) is 11.1. The molecule has 2 heterocycles. The fourth-order valence-corrected chi connectivity index (χ4v) is 3.31. The maximum atomic E-state index is 5.49. The first-order valence-corrected chi connectivity index (χ1v) is 6.56. The highest BCUT2D eigenvalue weighted by molar-refractivity contribution is 7.10. The van der Waals surface area contributed by atoms with Crippen LogP contribution < -0.4 is 5.32 Å². The van der Waals surface area contributed by atoms with Crippen molar-refractivity contribution in [1.82, 2.24) is 5.32 Å². The minimum absolute atomic E-state index is 0.498. The van der Waals surface area contributed by atoms with Crippen LogP contribution in [0.4, 0.5) is 0 Å². The van der Waals surface area contributed by atoms with Crippen LogP contribution in [0.3, 0.4) is 0 Å². The van der Waals surface area contributed by atoms with Gasteiger partial charge in [-0.1, -0.05) is 6.92 Å². The average molecular weight is 225 g/mol. The summed E-state index contributed by atoms with van der Waals surface area (Å²) in [6.07, 6.45) is 1.19. The monoisotopic (exact) mass is 225 g/mol. The Morgan fingerprint density at radius 3 is 3.07 bits per heavy atom. The molecule has 15 heavy (non-hydrogen) atoms. The highest BCUT2D eigenvalue weighted by Gasteiger charge is 2.27. The molecule has 0 aromatic carbocycles. The number of rotatable bonds is 4. The van der Waals surface area contributed by atoms with E-state index in [0.29, 0.717) is 12.0 Å². The summed E-state index contributed by atoms with van der Waals surface area (Å²) in [5, 5.41) is 5.78. The van der Waals surface area contributed by atoms with Crippen molar-refractivity contribution in [2.75, 3.05) is 19.8 Å². The van der Waals surface area contributed by atoms with Crippen molar-refractivity contribution >= 4 is 11.3 Å². The molecule has 1 aromatic rings. The number of thiophene rings is 1. The SMILES string of the molecule is CCNC(c1sccc1C)C1CCOC1. The Labute approximate surface area is 95.6 Å². The van der Waals surface area contributed by atoms with E-state index in [1.54, 1.807) is 0 Å². The summed E-state index contributed by atoms with van der Waals surface area (Å²) in [6.45, 7) is 7.24. The number of hydrogen-bond acceptors (Lipinski definition) is 3. The topological polar surface area (TPSA) is 21.3 Å². The van der Waals surface area contributed by atoms with Crippen molar-refractivity contribution < 1.29 is 4.74 Å². The molecule has 2 rings (SSSR count). The van der Waals surface area contributed by atoms with Gasteiger partial charge >= 0.3 is 0 Å². The summed E-state index contributed by atoms with van der Waals surface area (Å²) in [5.41, 5.74) is 1.41. The highest BCUT2D eigenvalue weighted by atomic mass is 32.1. The van der Waals surface area contributed by atoms with Crippen molar-refractivity contribution in [3.05, 3.63) is 21.9 Å². The van der Waals surface area contributed by atoms with E-state index in [1.807, 2.05) is 11.3 Å². The zero-order valence-electron chi connectivity index (χ0n) is 9.45. The lowest BCUT2D eigenvalue weighted by molar-refractivity contribution is 0.177. The van der Waals surface area contributed by atoms with Crippen molar-refractivity contribution in [1.29, 1.82) is 0 Å². The summed E-state index contributed by atoms with van der Waals surface area (Å²) in [6, 6.07) is 2.71. The molecule has 0 aliphatic carbocycles. The summed E-state index contributed by atoms with van der Waals surface area (Å²) in [5.74, 6) is 0.655. The van der Waals surface area contributed by atoms with E-state index in [2.05, 4.69) is 30.6 Å². The van der Waals surface area contributed by atoms with Gasteiger partial charge in [0.05, 0.1) is 6.61 Å². The minimum atomic E-state index is 0.498. The van der Waals surface area contributed by atoms with Crippen LogP contribution in [0.2, 0.25) is 0 Å². The lowest BCUT2D eigenvalue weighted by Crippen LogP contribution is -2.28. The van der Waals surface area contributed by atoms with Gasteiger partial charge in [-0.15, -0.1) is 11.3 Å². The molecular formula is C12H19NOS. The standard InChI is InChI=1S/C12H19NOS/c1-3-13-11(10-4-6-14-8-10)12-9(2)5-7-15-12/h5,7,10-11,13H,3-4,6,8H2,1-2H3. The Balaban J connectivity index is 2.15. The maximum absolute atomic E-state index is 5.49. The Morgan fingerprint density at radius 1 is 1.67 bits per heavy atom. The largest absolute Gasteiger partial charge is 0.381 e. The van der Waals surface area contributed by atoms with Gasteiger partial charge in [-0.05, 0) is 36.9 Å². The molecule has 1 saturated heterocycles. The fraction of sp³-hybridized carbons (Fsp3) is 0.667. The average Bonchev–Trinajstić information content (AvgIpc) is 2.85. The third-order valence-electron chi connectivity index (χ3n) is 3.04. The molecule has 0 radical (unpaired) electrons. The lowest BCUT2D eigenvalue weighted by Gasteiger charge is -2.23. The van der Waals surface area contributed by atoms with Gasteiger partial charge in [-0.2, -0.15) is 0 Å². The summed E-state index contributed by atoms with van der Waals surface area (Å²) in [4.78, 5) is 1.49. The van der Waals surface area contributed by atoms with E-state index >= 15 is 0 Å². The molecule has 0 saturated carbocycles. The normalized spacial score (nSPS) is 23.2. The zero-order valence-corrected chi connectivity index (χ0v) is 10.3. The van der Waals surface area contributed by atoms with Crippen LogP contribution >= 0.6 is 11.3 Å². The number of nitrogens with one attached hydrogen (secondary N) is 1. The summed E-state index contributed by atoms with van der Waals surface area (Å²) in [7, 11) is 0. The second kappa shape index (κ2) is 5.10. The molecule has 1 aromatic heterocycles. The molecule has 3 heteroatoms. The molecule has 1 fully saturated rings. The molecule has 2 unspecified atom stereocenters. The number of ether oxygens (including phenoxy) is 1.